The lowest BCUT2D eigenvalue weighted by Crippen LogP contribution is -2.31. The molecule has 1 aliphatic rings. The van der Waals surface area contributed by atoms with Gasteiger partial charge in [0, 0.05) is 12.1 Å². The highest BCUT2D eigenvalue weighted by Gasteiger charge is 2.37. The molecule has 2 aromatic carbocycles. The van der Waals surface area contributed by atoms with E-state index in [4.69, 9.17) is 9.47 Å². The molecule has 3 rings (SSSR count). The Balaban J connectivity index is 1.99. The van der Waals surface area contributed by atoms with E-state index in [1.165, 1.54) is 0 Å². The van der Waals surface area contributed by atoms with Crippen LogP contribution in [0, 0.1) is 0 Å². The normalized spacial score (nSPS) is 18.0. The van der Waals surface area contributed by atoms with Gasteiger partial charge >= 0.3 is 0 Å². The fourth-order valence-electron chi connectivity index (χ4n) is 3.47. The molecule has 0 amide bonds. The molecule has 5 nitrogen and oxygen atoms in total. The lowest BCUT2D eigenvalue weighted by molar-refractivity contribution is 0.361. The Kier molecular flexibility index (Phi) is 5.53. The maximum Gasteiger partial charge on any atom is 0.243 e. The number of nitrogens with zero attached hydrogens (tertiary/aromatic N) is 1. The molecular weight excluding hydrogens is 350 g/mol. The maximum absolute atomic E-state index is 13.2. The minimum atomic E-state index is -3.57. The van der Waals surface area contributed by atoms with Crippen LogP contribution in [-0.4, -0.2) is 33.5 Å². The molecule has 0 N–H and O–H groups in total. The van der Waals surface area contributed by atoms with Gasteiger partial charge in [-0.05, 0) is 55.2 Å². The molecule has 0 bridgehead atoms. The van der Waals surface area contributed by atoms with E-state index in [2.05, 4.69) is 6.92 Å². The zero-order chi connectivity index (χ0) is 18.7. The molecule has 0 saturated carbocycles. The van der Waals surface area contributed by atoms with Crippen LogP contribution in [0.5, 0.6) is 11.5 Å². The number of methoxy groups -OCH3 is 2. The Bertz CT molecular complexity index is 862. The van der Waals surface area contributed by atoms with E-state index in [-0.39, 0.29) is 6.04 Å². The molecule has 0 unspecified atom stereocenters. The molecule has 2 aromatic rings. The molecule has 0 spiro atoms. The fraction of sp³-hybridized carbons (Fsp3) is 0.400. The highest BCUT2D eigenvalue weighted by Crippen LogP contribution is 2.41. The summed E-state index contributed by atoms with van der Waals surface area (Å²) in [7, 11) is -0.368. The van der Waals surface area contributed by atoms with Gasteiger partial charge in [0.05, 0.1) is 25.2 Å². The monoisotopic (exact) mass is 375 g/mol. The zero-order valence-electron chi connectivity index (χ0n) is 15.4. The van der Waals surface area contributed by atoms with Crippen molar-refractivity contribution in [3.8, 4) is 11.5 Å². The minimum Gasteiger partial charge on any atom is -0.497 e. The van der Waals surface area contributed by atoms with Crippen LogP contribution < -0.4 is 9.47 Å². The van der Waals surface area contributed by atoms with Crippen molar-refractivity contribution in [2.24, 2.45) is 0 Å². The molecular formula is C20H25NO4S. The van der Waals surface area contributed by atoms with Crippen LogP contribution in [0.25, 0.3) is 0 Å². The predicted octanol–water partition coefficient (Wildman–Crippen LogP) is 3.79. The summed E-state index contributed by atoms with van der Waals surface area (Å²) < 4.78 is 38.8. The van der Waals surface area contributed by atoms with Gasteiger partial charge in [-0.2, -0.15) is 4.31 Å². The van der Waals surface area contributed by atoms with Crippen molar-refractivity contribution in [2.75, 3.05) is 20.8 Å². The Morgan fingerprint density at radius 1 is 1.08 bits per heavy atom. The summed E-state index contributed by atoms with van der Waals surface area (Å²) in [5, 5.41) is 0. The van der Waals surface area contributed by atoms with Gasteiger partial charge in [-0.15, -0.1) is 0 Å². The smallest absolute Gasteiger partial charge is 0.243 e. The summed E-state index contributed by atoms with van der Waals surface area (Å²) in [5.74, 6) is 1.37. The second-order valence-electron chi connectivity index (χ2n) is 6.38. The van der Waals surface area contributed by atoms with Gasteiger partial charge in [0.25, 0.3) is 0 Å². The lowest BCUT2D eigenvalue weighted by atomic mass is 10.0. The Labute approximate surface area is 155 Å². The molecule has 6 heteroatoms. The first-order valence-corrected chi connectivity index (χ1v) is 10.3. The molecule has 0 aromatic heterocycles. The van der Waals surface area contributed by atoms with Crippen molar-refractivity contribution in [3.05, 3.63) is 53.6 Å². The third-order valence-corrected chi connectivity index (χ3v) is 6.86. The van der Waals surface area contributed by atoms with Crippen molar-refractivity contribution in [3.63, 3.8) is 0 Å². The Morgan fingerprint density at radius 3 is 2.42 bits per heavy atom. The highest BCUT2D eigenvalue weighted by molar-refractivity contribution is 7.89. The van der Waals surface area contributed by atoms with Gasteiger partial charge < -0.3 is 9.47 Å². The Hall–Kier alpha value is -2.05. The molecule has 1 heterocycles. The third-order valence-electron chi connectivity index (χ3n) is 4.94. The number of benzene rings is 2. The summed E-state index contributed by atoms with van der Waals surface area (Å²) in [5.41, 5.74) is 1.97. The maximum atomic E-state index is 13.2. The predicted molar refractivity (Wildman–Crippen MR) is 101 cm³/mol. The fourth-order valence-corrected chi connectivity index (χ4v) is 5.15. The number of hydrogen-bond donors (Lipinski definition) is 0. The molecule has 1 fully saturated rings. The van der Waals surface area contributed by atoms with Crippen LogP contribution in [0.15, 0.2) is 47.4 Å². The molecule has 140 valence electrons. The van der Waals surface area contributed by atoms with Gasteiger partial charge in [0.15, 0.2) is 0 Å². The molecule has 26 heavy (non-hydrogen) atoms. The van der Waals surface area contributed by atoms with Crippen molar-refractivity contribution in [1.29, 1.82) is 0 Å². The summed E-state index contributed by atoms with van der Waals surface area (Å²) in [4.78, 5) is 0.337. The minimum absolute atomic E-state index is 0.254. The number of rotatable bonds is 6. The van der Waals surface area contributed by atoms with Crippen molar-refractivity contribution >= 4 is 10.0 Å². The van der Waals surface area contributed by atoms with E-state index in [1.807, 2.05) is 30.3 Å². The van der Waals surface area contributed by atoms with E-state index in [1.54, 1.807) is 30.7 Å². The largest absolute Gasteiger partial charge is 0.497 e. The number of hydrogen-bond acceptors (Lipinski definition) is 4. The van der Waals surface area contributed by atoms with Gasteiger partial charge in [0.1, 0.15) is 11.5 Å². The second kappa shape index (κ2) is 7.68. The quantitative estimate of drug-likeness (QED) is 0.771. The first-order valence-electron chi connectivity index (χ1n) is 8.84. The van der Waals surface area contributed by atoms with Crippen molar-refractivity contribution in [2.45, 2.75) is 37.1 Å². The van der Waals surface area contributed by atoms with Gasteiger partial charge in [-0.3, -0.25) is 0 Å². The van der Waals surface area contributed by atoms with Gasteiger partial charge in [-0.1, -0.05) is 19.1 Å². The molecule has 0 aliphatic carbocycles. The van der Waals surface area contributed by atoms with Crippen molar-refractivity contribution < 1.29 is 17.9 Å². The van der Waals surface area contributed by atoms with E-state index >= 15 is 0 Å². The average Bonchev–Trinajstić information content (AvgIpc) is 3.18. The van der Waals surface area contributed by atoms with Gasteiger partial charge in [-0.25, -0.2) is 8.42 Å². The van der Waals surface area contributed by atoms with Crippen LogP contribution in [0.2, 0.25) is 0 Å². The molecule has 0 radical (unpaired) electrons. The summed E-state index contributed by atoms with van der Waals surface area (Å²) in [6.45, 7) is 2.55. The molecule has 1 saturated heterocycles. The van der Waals surface area contributed by atoms with E-state index < -0.39 is 10.0 Å². The molecule has 1 aliphatic heterocycles. The lowest BCUT2D eigenvalue weighted by Gasteiger charge is -2.26. The second-order valence-corrected chi connectivity index (χ2v) is 8.27. The van der Waals surface area contributed by atoms with E-state index in [0.29, 0.717) is 22.9 Å². The van der Waals surface area contributed by atoms with Crippen LogP contribution in [-0.2, 0) is 16.4 Å². The third kappa shape index (κ3) is 3.44. The first-order chi connectivity index (χ1) is 12.5. The summed E-state index contributed by atoms with van der Waals surface area (Å²) in [6.07, 6.45) is 2.46. The van der Waals surface area contributed by atoms with E-state index in [0.717, 1.165) is 30.4 Å². The first kappa shape index (κ1) is 18.7. The highest BCUT2D eigenvalue weighted by atomic mass is 32.2. The average molecular weight is 375 g/mol. The zero-order valence-corrected chi connectivity index (χ0v) is 16.3. The topological polar surface area (TPSA) is 55.8 Å². The van der Waals surface area contributed by atoms with E-state index in [9.17, 15) is 8.42 Å². The number of sulfonamides is 1. The SMILES string of the molecule is CCc1ccc(S(=O)(=O)N2CCC[C@H]2c2cc(OC)ccc2OC)cc1. The summed E-state index contributed by atoms with van der Waals surface area (Å²) in [6, 6.07) is 12.4. The standard InChI is InChI=1S/C20H25NO4S/c1-4-15-7-10-17(11-8-15)26(22,23)21-13-5-6-19(21)18-14-16(24-2)9-12-20(18)25-3/h7-12,14,19H,4-6,13H2,1-3H3/t19-/m0/s1. The van der Waals surface area contributed by atoms with Crippen LogP contribution in [0.3, 0.4) is 0 Å². The van der Waals surface area contributed by atoms with Crippen LogP contribution in [0.4, 0.5) is 0 Å². The van der Waals surface area contributed by atoms with Gasteiger partial charge in [0.2, 0.25) is 10.0 Å². The molecule has 1 atom stereocenters. The van der Waals surface area contributed by atoms with Crippen molar-refractivity contribution in [1.82, 2.24) is 4.31 Å². The number of aryl methyl sites for hydroxylation is 1. The summed E-state index contributed by atoms with van der Waals surface area (Å²) >= 11 is 0. The number of ether oxygens (including phenoxy) is 2. The van der Waals surface area contributed by atoms with Crippen LogP contribution >= 0.6 is 0 Å². The Morgan fingerprint density at radius 2 is 1.81 bits per heavy atom. The van der Waals surface area contributed by atoms with Crippen LogP contribution in [0.1, 0.15) is 36.9 Å².